The summed E-state index contributed by atoms with van der Waals surface area (Å²) in [5.74, 6) is 1.84. The minimum atomic E-state index is -0.352. The number of amides is 1. The van der Waals surface area contributed by atoms with Gasteiger partial charge in [0.2, 0.25) is 5.89 Å². The zero-order chi connectivity index (χ0) is 17.9. The normalized spacial score (nSPS) is 12.8. The van der Waals surface area contributed by atoms with Crippen LogP contribution in [-0.4, -0.2) is 25.8 Å². The molecule has 0 aliphatic carbocycles. The lowest BCUT2D eigenvalue weighted by Gasteiger charge is -2.09. The van der Waals surface area contributed by atoms with Crippen LogP contribution in [0.15, 0.2) is 10.6 Å². The Morgan fingerprint density at radius 1 is 1.21 bits per heavy atom. The van der Waals surface area contributed by atoms with Crippen LogP contribution in [0.1, 0.15) is 68.6 Å². The fourth-order valence-electron chi connectivity index (χ4n) is 2.48. The zero-order valence-corrected chi connectivity index (χ0v) is 15.3. The van der Waals surface area contributed by atoms with Crippen molar-refractivity contribution in [2.24, 2.45) is 18.9 Å². The lowest BCUT2D eigenvalue weighted by molar-refractivity contribution is 0.0923. The van der Waals surface area contributed by atoms with Crippen LogP contribution in [0.2, 0.25) is 0 Å². The molecule has 0 aliphatic heterocycles. The monoisotopic (exact) mass is 333 g/mol. The van der Waals surface area contributed by atoms with E-state index < -0.39 is 0 Å². The number of hydrogen-bond acceptors (Lipinski definition) is 5. The third-order valence-corrected chi connectivity index (χ3v) is 3.57. The second kappa shape index (κ2) is 7.59. The predicted molar refractivity (Wildman–Crippen MR) is 90.5 cm³/mol. The first-order valence-electron chi connectivity index (χ1n) is 8.42. The third kappa shape index (κ3) is 4.66. The second-order valence-corrected chi connectivity index (χ2v) is 7.08. The summed E-state index contributed by atoms with van der Waals surface area (Å²) in [5.41, 5.74) is 1.45. The largest absolute Gasteiger partial charge is 0.339 e. The first-order chi connectivity index (χ1) is 11.3. The Labute approximate surface area is 142 Å². The average molecular weight is 333 g/mol. The van der Waals surface area contributed by atoms with Gasteiger partial charge in [0.1, 0.15) is 11.7 Å². The standard InChI is InChI=1S/C17H27N5O2/c1-10(2)7-13-9-14(22(6)20-13)16(23)18-12(5)17-19-15(21-24-17)8-11(3)4/h9-12H,7-8H2,1-6H3,(H,18,23)/t12-/m0/s1. The van der Waals surface area contributed by atoms with Gasteiger partial charge in [-0.05, 0) is 31.2 Å². The van der Waals surface area contributed by atoms with E-state index in [1.54, 1.807) is 11.7 Å². The molecule has 132 valence electrons. The van der Waals surface area contributed by atoms with Crippen LogP contribution in [0.25, 0.3) is 0 Å². The minimum Gasteiger partial charge on any atom is -0.339 e. The van der Waals surface area contributed by atoms with Gasteiger partial charge >= 0.3 is 0 Å². The van der Waals surface area contributed by atoms with E-state index in [1.165, 1.54) is 0 Å². The lowest BCUT2D eigenvalue weighted by Crippen LogP contribution is -2.28. The Hall–Kier alpha value is -2.18. The van der Waals surface area contributed by atoms with Crippen LogP contribution >= 0.6 is 0 Å². The maximum absolute atomic E-state index is 12.5. The Kier molecular flexibility index (Phi) is 5.75. The number of carbonyl (C=O) groups is 1. The van der Waals surface area contributed by atoms with Crippen LogP contribution in [0.4, 0.5) is 0 Å². The van der Waals surface area contributed by atoms with Crippen molar-refractivity contribution in [2.45, 2.75) is 53.5 Å². The van der Waals surface area contributed by atoms with Crippen LogP contribution < -0.4 is 5.32 Å². The summed E-state index contributed by atoms with van der Waals surface area (Å²) in [6, 6.07) is 1.48. The van der Waals surface area contributed by atoms with Gasteiger partial charge in [0.05, 0.1) is 5.69 Å². The van der Waals surface area contributed by atoms with E-state index in [1.807, 2.05) is 13.0 Å². The SMILES string of the molecule is CC(C)Cc1cc(C(=O)N[C@@H](C)c2nc(CC(C)C)no2)n(C)n1. The molecule has 24 heavy (non-hydrogen) atoms. The molecule has 0 saturated carbocycles. The van der Waals surface area contributed by atoms with E-state index in [0.717, 1.165) is 18.5 Å². The van der Waals surface area contributed by atoms with Crippen molar-refractivity contribution in [2.75, 3.05) is 0 Å². The van der Waals surface area contributed by atoms with Crippen molar-refractivity contribution in [1.29, 1.82) is 0 Å². The summed E-state index contributed by atoms with van der Waals surface area (Å²) in [6.07, 6.45) is 1.60. The molecule has 0 aromatic carbocycles. The van der Waals surface area contributed by atoms with Gasteiger partial charge in [-0.3, -0.25) is 9.48 Å². The highest BCUT2D eigenvalue weighted by molar-refractivity contribution is 5.92. The predicted octanol–water partition coefficient (Wildman–Crippen LogP) is 2.69. The van der Waals surface area contributed by atoms with Crippen molar-refractivity contribution in [1.82, 2.24) is 25.2 Å². The fraction of sp³-hybridized carbons (Fsp3) is 0.647. The minimum absolute atomic E-state index is 0.198. The van der Waals surface area contributed by atoms with Crippen molar-refractivity contribution in [3.05, 3.63) is 29.2 Å². The number of aryl methyl sites for hydroxylation is 1. The highest BCUT2D eigenvalue weighted by Crippen LogP contribution is 2.14. The molecule has 0 fully saturated rings. The molecular formula is C17H27N5O2. The lowest BCUT2D eigenvalue weighted by atomic mass is 10.1. The number of carbonyl (C=O) groups excluding carboxylic acids is 1. The van der Waals surface area contributed by atoms with Gasteiger partial charge < -0.3 is 9.84 Å². The average Bonchev–Trinajstić information content (AvgIpc) is 3.04. The summed E-state index contributed by atoms with van der Waals surface area (Å²) >= 11 is 0. The maximum Gasteiger partial charge on any atom is 0.270 e. The zero-order valence-electron chi connectivity index (χ0n) is 15.3. The van der Waals surface area contributed by atoms with Crippen molar-refractivity contribution >= 4 is 5.91 Å². The molecule has 0 bridgehead atoms. The van der Waals surface area contributed by atoms with Gasteiger partial charge in [-0.2, -0.15) is 10.1 Å². The first-order valence-corrected chi connectivity index (χ1v) is 8.42. The van der Waals surface area contributed by atoms with Gasteiger partial charge in [-0.15, -0.1) is 0 Å². The molecule has 0 spiro atoms. The molecule has 2 rings (SSSR count). The number of rotatable bonds is 7. The van der Waals surface area contributed by atoms with E-state index in [-0.39, 0.29) is 11.9 Å². The molecule has 2 aromatic heterocycles. The van der Waals surface area contributed by atoms with Gasteiger partial charge in [-0.1, -0.05) is 32.9 Å². The fourth-order valence-corrected chi connectivity index (χ4v) is 2.48. The molecule has 1 N–H and O–H groups in total. The van der Waals surface area contributed by atoms with Crippen molar-refractivity contribution in [3.8, 4) is 0 Å². The van der Waals surface area contributed by atoms with Crippen LogP contribution in [0.5, 0.6) is 0 Å². The second-order valence-electron chi connectivity index (χ2n) is 7.08. The maximum atomic E-state index is 12.5. The molecule has 2 heterocycles. The summed E-state index contributed by atoms with van der Waals surface area (Å²) in [5, 5.41) is 11.2. The van der Waals surface area contributed by atoms with E-state index in [0.29, 0.717) is 29.2 Å². The summed E-state index contributed by atoms with van der Waals surface area (Å²) in [6.45, 7) is 10.3. The van der Waals surface area contributed by atoms with E-state index in [2.05, 4.69) is 48.3 Å². The van der Waals surface area contributed by atoms with E-state index >= 15 is 0 Å². The Balaban J connectivity index is 2.03. The number of aromatic nitrogens is 4. The topological polar surface area (TPSA) is 85.8 Å². The van der Waals surface area contributed by atoms with Crippen molar-refractivity contribution in [3.63, 3.8) is 0 Å². The number of nitrogens with zero attached hydrogens (tertiary/aromatic N) is 4. The first kappa shape index (κ1) is 18.2. The molecule has 1 atom stereocenters. The molecule has 1 amide bonds. The van der Waals surface area contributed by atoms with Gasteiger partial charge in [0, 0.05) is 13.5 Å². The molecular weight excluding hydrogens is 306 g/mol. The van der Waals surface area contributed by atoms with E-state index in [4.69, 9.17) is 4.52 Å². The molecule has 0 saturated heterocycles. The summed E-state index contributed by atoms with van der Waals surface area (Å²) < 4.78 is 6.86. The Bertz CT molecular complexity index is 687. The highest BCUT2D eigenvalue weighted by atomic mass is 16.5. The highest BCUT2D eigenvalue weighted by Gasteiger charge is 2.20. The number of hydrogen-bond donors (Lipinski definition) is 1. The molecule has 0 radical (unpaired) electrons. The molecule has 2 aromatic rings. The Morgan fingerprint density at radius 3 is 2.50 bits per heavy atom. The molecule has 7 heteroatoms. The van der Waals surface area contributed by atoms with Crippen LogP contribution in [-0.2, 0) is 19.9 Å². The van der Waals surface area contributed by atoms with E-state index in [9.17, 15) is 4.79 Å². The van der Waals surface area contributed by atoms with Gasteiger partial charge in [0.25, 0.3) is 5.91 Å². The molecule has 0 unspecified atom stereocenters. The smallest absolute Gasteiger partial charge is 0.270 e. The summed E-state index contributed by atoms with van der Waals surface area (Å²) in [4.78, 5) is 16.8. The quantitative estimate of drug-likeness (QED) is 0.842. The molecule has 7 nitrogen and oxygen atoms in total. The molecule has 0 aliphatic rings. The Morgan fingerprint density at radius 2 is 1.88 bits per heavy atom. The third-order valence-electron chi connectivity index (χ3n) is 3.57. The summed E-state index contributed by atoms with van der Waals surface area (Å²) in [7, 11) is 1.77. The van der Waals surface area contributed by atoms with Crippen LogP contribution in [0, 0.1) is 11.8 Å². The van der Waals surface area contributed by atoms with Crippen molar-refractivity contribution < 1.29 is 9.32 Å². The van der Waals surface area contributed by atoms with Crippen LogP contribution in [0.3, 0.4) is 0 Å². The van der Waals surface area contributed by atoms with Gasteiger partial charge in [-0.25, -0.2) is 0 Å². The van der Waals surface area contributed by atoms with Gasteiger partial charge in [0.15, 0.2) is 5.82 Å². The number of nitrogens with one attached hydrogen (secondary N) is 1.